The summed E-state index contributed by atoms with van der Waals surface area (Å²) in [5.74, 6) is -1.16. The third-order valence-corrected chi connectivity index (χ3v) is 6.93. The van der Waals surface area contributed by atoms with E-state index in [-0.39, 0.29) is 10.6 Å². The molecule has 3 rings (SSSR count). The molecular weight excluding hydrogens is 457 g/mol. The summed E-state index contributed by atoms with van der Waals surface area (Å²) < 4.78 is 45.4. The standard InChI is InChI=1S/C21H20FN3O5S2/c1-14(30-18-10-6-16(22)7-11-18)21(27)24-23-19(26)13-15-4-8-17(9-5-15)25-32(28,29)20-3-2-12-31-20/h2-12,14,25H,13H2,1H3,(H,23,26)(H,24,27)/t14-/m1/s1. The summed E-state index contributed by atoms with van der Waals surface area (Å²) in [4.78, 5) is 24.1. The van der Waals surface area contributed by atoms with Gasteiger partial charge in [0, 0.05) is 5.69 Å². The van der Waals surface area contributed by atoms with Crippen LogP contribution in [0.4, 0.5) is 10.1 Å². The first-order chi connectivity index (χ1) is 15.2. The molecule has 0 radical (unpaired) electrons. The zero-order chi connectivity index (χ0) is 23.1. The van der Waals surface area contributed by atoms with Gasteiger partial charge in [-0.15, -0.1) is 11.3 Å². The number of benzene rings is 2. The summed E-state index contributed by atoms with van der Waals surface area (Å²) in [5.41, 5.74) is 5.53. The molecule has 0 unspecified atom stereocenters. The molecule has 168 valence electrons. The number of hydrogen-bond donors (Lipinski definition) is 3. The van der Waals surface area contributed by atoms with Gasteiger partial charge in [-0.1, -0.05) is 18.2 Å². The van der Waals surface area contributed by atoms with Crippen LogP contribution in [-0.2, 0) is 26.0 Å². The van der Waals surface area contributed by atoms with Gasteiger partial charge in [0.1, 0.15) is 15.8 Å². The lowest BCUT2D eigenvalue weighted by Gasteiger charge is -2.15. The number of anilines is 1. The van der Waals surface area contributed by atoms with Crippen LogP contribution in [0.5, 0.6) is 5.75 Å². The first kappa shape index (κ1) is 23.2. The molecule has 1 atom stereocenters. The number of rotatable bonds is 8. The van der Waals surface area contributed by atoms with Gasteiger partial charge in [-0.2, -0.15) is 0 Å². The molecule has 3 N–H and O–H groups in total. The summed E-state index contributed by atoms with van der Waals surface area (Å²) in [6.45, 7) is 1.49. The van der Waals surface area contributed by atoms with E-state index in [1.54, 1.807) is 35.7 Å². The number of carbonyl (C=O) groups is 2. The van der Waals surface area contributed by atoms with Crippen molar-refractivity contribution < 1.29 is 27.1 Å². The molecule has 0 bridgehead atoms. The van der Waals surface area contributed by atoms with E-state index in [0.717, 1.165) is 11.3 Å². The van der Waals surface area contributed by atoms with Crippen LogP contribution in [0.1, 0.15) is 12.5 Å². The fourth-order valence-corrected chi connectivity index (χ4v) is 4.60. The number of hydrogen-bond acceptors (Lipinski definition) is 6. The van der Waals surface area contributed by atoms with Crippen LogP contribution in [0, 0.1) is 5.82 Å². The highest BCUT2D eigenvalue weighted by Crippen LogP contribution is 2.20. The van der Waals surface area contributed by atoms with Crippen molar-refractivity contribution in [3.05, 3.63) is 77.4 Å². The van der Waals surface area contributed by atoms with E-state index in [0.29, 0.717) is 17.0 Å². The molecule has 3 aromatic rings. The van der Waals surface area contributed by atoms with Crippen molar-refractivity contribution in [1.82, 2.24) is 10.9 Å². The average molecular weight is 478 g/mol. The van der Waals surface area contributed by atoms with E-state index in [2.05, 4.69) is 15.6 Å². The van der Waals surface area contributed by atoms with Crippen molar-refractivity contribution in [2.24, 2.45) is 0 Å². The van der Waals surface area contributed by atoms with Gasteiger partial charge in [-0.25, -0.2) is 12.8 Å². The highest BCUT2D eigenvalue weighted by molar-refractivity contribution is 7.94. The van der Waals surface area contributed by atoms with Gasteiger partial charge in [-0.3, -0.25) is 25.2 Å². The van der Waals surface area contributed by atoms with Crippen LogP contribution in [0.15, 0.2) is 70.3 Å². The van der Waals surface area contributed by atoms with Crippen molar-refractivity contribution in [3.63, 3.8) is 0 Å². The fraction of sp³-hybridized carbons (Fsp3) is 0.143. The Labute approximate surface area is 188 Å². The minimum atomic E-state index is -3.65. The molecule has 0 spiro atoms. The second-order valence-electron chi connectivity index (χ2n) is 6.66. The van der Waals surface area contributed by atoms with E-state index in [9.17, 15) is 22.4 Å². The van der Waals surface area contributed by atoms with Gasteiger partial charge in [0.25, 0.3) is 15.9 Å². The van der Waals surface area contributed by atoms with Gasteiger partial charge >= 0.3 is 0 Å². The summed E-state index contributed by atoms with van der Waals surface area (Å²) >= 11 is 1.11. The quantitative estimate of drug-likeness (QED) is 0.432. The van der Waals surface area contributed by atoms with Crippen molar-refractivity contribution in [2.45, 2.75) is 23.7 Å². The first-order valence-corrected chi connectivity index (χ1v) is 11.8. The number of thiophene rings is 1. The van der Waals surface area contributed by atoms with Crippen LogP contribution < -0.4 is 20.3 Å². The second-order valence-corrected chi connectivity index (χ2v) is 9.52. The molecule has 0 saturated carbocycles. The van der Waals surface area contributed by atoms with Gasteiger partial charge in [0.2, 0.25) is 5.91 Å². The Bertz CT molecular complexity index is 1170. The monoisotopic (exact) mass is 477 g/mol. The molecule has 2 amide bonds. The lowest BCUT2D eigenvalue weighted by Crippen LogP contribution is -2.47. The molecule has 0 fully saturated rings. The SMILES string of the molecule is C[C@@H](Oc1ccc(F)cc1)C(=O)NNC(=O)Cc1ccc(NS(=O)(=O)c2cccs2)cc1. The number of nitrogens with one attached hydrogen (secondary N) is 3. The Morgan fingerprint density at radius 1 is 1.03 bits per heavy atom. The van der Waals surface area contributed by atoms with Gasteiger partial charge in [-0.05, 0) is 60.3 Å². The summed E-state index contributed by atoms with van der Waals surface area (Å²) in [6, 6.07) is 14.7. The number of amides is 2. The number of halogens is 1. The fourth-order valence-electron chi connectivity index (χ4n) is 2.55. The largest absolute Gasteiger partial charge is 0.481 e. The maximum absolute atomic E-state index is 12.9. The Hall–Kier alpha value is -3.44. The molecule has 1 aromatic heterocycles. The summed E-state index contributed by atoms with van der Waals surface area (Å²) in [7, 11) is -3.65. The molecule has 1 heterocycles. The van der Waals surface area contributed by atoms with Gasteiger partial charge in [0.15, 0.2) is 6.10 Å². The Morgan fingerprint density at radius 2 is 1.72 bits per heavy atom. The zero-order valence-corrected chi connectivity index (χ0v) is 18.5. The van der Waals surface area contributed by atoms with E-state index in [1.807, 2.05) is 0 Å². The van der Waals surface area contributed by atoms with Crippen LogP contribution >= 0.6 is 11.3 Å². The second kappa shape index (κ2) is 10.2. The van der Waals surface area contributed by atoms with E-state index in [1.165, 1.54) is 37.3 Å². The van der Waals surface area contributed by atoms with Crippen molar-refractivity contribution in [3.8, 4) is 5.75 Å². The molecule has 0 aliphatic heterocycles. The molecule has 11 heteroatoms. The highest BCUT2D eigenvalue weighted by atomic mass is 32.2. The molecule has 0 aliphatic rings. The molecule has 0 aliphatic carbocycles. The van der Waals surface area contributed by atoms with E-state index in [4.69, 9.17) is 4.74 Å². The molecule has 2 aromatic carbocycles. The lowest BCUT2D eigenvalue weighted by molar-refractivity contribution is -0.132. The van der Waals surface area contributed by atoms with Crippen molar-refractivity contribution >= 4 is 38.9 Å². The minimum Gasteiger partial charge on any atom is -0.481 e. The van der Waals surface area contributed by atoms with E-state index >= 15 is 0 Å². The lowest BCUT2D eigenvalue weighted by atomic mass is 10.1. The smallest absolute Gasteiger partial charge is 0.279 e. The third-order valence-electron chi connectivity index (χ3n) is 4.15. The number of carbonyl (C=O) groups excluding carboxylic acids is 2. The van der Waals surface area contributed by atoms with Gasteiger partial charge < -0.3 is 4.74 Å². The summed E-state index contributed by atoms with van der Waals surface area (Å²) in [5, 5.41) is 1.67. The third kappa shape index (κ3) is 6.53. The highest BCUT2D eigenvalue weighted by Gasteiger charge is 2.17. The Balaban J connectivity index is 1.46. The number of ether oxygens (including phenoxy) is 1. The normalized spacial score (nSPS) is 11.9. The van der Waals surface area contributed by atoms with Crippen LogP contribution in [0.3, 0.4) is 0 Å². The maximum atomic E-state index is 12.9. The Kier molecular flexibility index (Phi) is 7.44. The number of hydrazine groups is 1. The predicted octanol–water partition coefficient (Wildman–Crippen LogP) is 2.85. The topological polar surface area (TPSA) is 114 Å². The molecule has 32 heavy (non-hydrogen) atoms. The van der Waals surface area contributed by atoms with E-state index < -0.39 is 33.8 Å². The first-order valence-electron chi connectivity index (χ1n) is 9.39. The molecule has 0 saturated heterocycles. The van der Waals surface area contributed by atoms with Crippen LogP contribution in [-0.4, -0.2) is 26.3 Å². The van der Waals surface area contributed by atoms with Crippen LogP contribution in [0.2, 0.25) is 0 Å². The molecule has 8 nitrogen and oxygen atoms in total. The Morgan fingerprint density at radius 3 is 2.34 bits per heavy atom. The van der Waals surface area contributed by atoms with Crippen molar-refractivity contribution in [1.29, 1.82) is 0 Å². The molecular formula is C21H20FN3O5S2. The van der Waals surface area contributed by atoms with Crippen LogP contribution in [0.25, 0.3) is 0 Å². The minimum absolute atomic E-state index is 0.0363. The predicted molar refractivity (Wildman–Crippen MR) is 118 cm³/mol. The zero-order valence-electron chi connectivity index (χ0n) is 16.9. The number of sulfonamides is 1. The van der Waals surface area contributed by atoms with Gasteiger partial charge in [0.05, 0.1) is 6.42 Å². The van der Waals surface area contributed by atoms with Crippen molar-refractivity contribution in [2.75, 3.05) is 4.72 Å². The average Bonchev–Trinajstić information content (AvgIpc) is 3.31. The summed E-state index contributed by atoms with van der Waals surface area (Å²) in [6.07, 6.45) is -0.956. The maximum Gasteiger partial charge on any atom is 0.279 e.